The summed E-state index contributed by atoms with van der Waals surface area (Å²) in [5, 5.41) is 3.82. The first-order chi connectivity index (χ1) is 7.19. The van der Waals surface area contributed by atoms with Crippen molar-refractivity contribution >= 4 is 0 Å². The molecule has 2 N–H and O–H groups in total. The van der Waals surface area contributed by atoms with Crippen LogP contribution in [0.15, 0.2) is 4.52 Å². The molecule has 86 valence electrons. The van der Waals surface area contributed by atoms with Crippen LogP contribution in [0.25, 0.3) is 0 Å². The topological polar surface area (TPSA) is 74.2 Å². The van der Waals surface area contributed by atoms with Gasteiger partial charge in [0, 0.05) is 7.11 Å². The highest BCUT2D eigenvalue weighted by Crippen LogP contribution is 2.18. The van der Waals surface area contributed by atoms with Gasteiger partial charge in [0.05, 0.1) is 6.04 Å². The van der Waals surface area contributed by atoms with Gasteiger partial charge in [-0.05, 0) is 13.3 Å². The van der Waals surface area contributed by atoms with Gasteiger partial charge in [-0.3, -0.25) is 0 Å². The second-order valence-electron chi connectivity index (χ2n) is 3.62. The van der Waals surface area contributed by atoms with Gasteiger partial charge in [-0.1, -0.05) is 24.9 Å². The SMILES string of the molecule is CCCCC(N)c1nc(C(C)OC)no1. The van der Waals surface area contributed by atoms with Crippen LogP contribution in [0.5, 0.6) is 0 Å². The molecule has 1 aromatic heterocycles. The van der Waals surface area contributed by atoms with Crippen molar-refractivity contribution in [3.8, 4) is 0 Å². The van der Waals surface area contributed by atoms with E-state index < -0.39 is 0 Å². The summed E-state index contributed by atoms with van der Waals surface area (Å²) in [5.41, 5.74) is 5.90. The largest absolute Gasteiger partial charge is 0.374 e. The molecule has 0 spiro atoms. The number of aromatic nitrogens is 2. The minimum atomic E-state index is -0.157. The Morgan fingerprint density at radius 3 is 2.87 bits per heavy atom. The van der Waals surface area contributed by atoms with E-state index in [4.69, 9.17) is 15.0 Å². The second kappa shape index (κ2) is 5.82. The van der Waals surface area contributed by atoms with E-state index in [9.17, 15) is 0 Å². The minimum Gasteiger partial charge on any atom is -0.374 e. The molecular formula is C10H19N3O2. The van der Waals surface area contributed by atoms with E-state index in [1.807, 2.05) is 6.92 Å². The number of unbranched alkanes of at least 4 members (excludes halogenated alkanes) is 1. The van der Waals surface area contributed by atoms with Crippen molar-refractivity contribution in [3.05, 3.63) is 11.7 Å². The van der Waals surface area contributed by atoms with Gasteiger partial charge in [-0.2, -0.15) is 4.98 Å². The van der Waals surface area contributed by atoms with Crippen LogP contribution >= 0.6 is 0 Å². The van der Waals surface area contributed by atoms with Crippen molar-refractivity contribution in [2.75, 3.05) is 7.11 Å². The third-order valence-electron chi connectivity index (χ3n) is 2.36. The van der Waals surface area contributed by atoms with E-state index in [1.165, 1.54) is 0 Å². The standard InChI is InChI=1S/C10H19N3O2/c1-4-5-6-8(11)10-12-9(13-15-10)7(2)14-3/h7-8H,4-6,11H2,1-3H3. The Bertz CT molecular complexity index is 288. The Hall–Kier alpha value is -0.940. The highest BCUT2D eigenvalue weighted by molar-refractivity contribution is 4.93. The maximum absolute atomic E-state index is 5.90. The summed E-state index contributed by atoms with van der Waals surface area (Å²) in [4.78, 5) is 4.21. The van der Waals surface area contributed by atoms with Crippen LogP contribution in [0.2, 0.25) is 0 Å². The lowest BCUT2D eigenvalue weighted by Crippen LogP contribution is -2.10. The van der Waals surface area contributed by atoms with Crippen LogP contribution in [-0.2, 0) is 4.74 Å². The van der Waals surface area contributed by atoms with Gasteiger partial charge in [-0.15, -0.1) is 0 Å². The molecule has 1 aromatic rings. The van der Waals surface area contributed by atoms with Crippen LogP contribution in [0, 0.1) is 0 Å². The first kappa shape index (κ1) is 12.1. The fourth-order valence-corrected chi connectivity index (χ4v) is 1.22. The third kappa shape index (κ3) is 3.28. The number of hydrogen-bond acceptors (Lipinski definition) is 5. The smallest absolute Gasteiger partial charge is 0.243 e. The quantitative estimate of drug-likeness (QED) is 0.782. The van der Waals surface area contributed by atoms with Crippen LogP contribution in [0.1, 0.15) is 57.0 Å². The van der Waals surface area contributed by atoms with Crippen LogP contribution in [-0.4, -0.2) is 17.3 Å². The average Bonchev–Trinajstić information content (AvgIpc) is 2.74. The summed E-state index contributed by atoms with van der Waals surface area (Å²) in [5.74, 6) is 1.06. The van der Waals surface area contributed by atoms with Crippen molar-refractivity contribution in [2.45, 2.75) is 45.3 Å². The van der Waals surface area contributed by atoms with Crippen molar-refractivity contribution in [2.24, 2.45) is 5.73 Å². The Morgan fingerprint density at radius 2 is 2.27 bits per heavy atom. The minimum absolute atomic E-state index is 0.152. The lowest BCUT2D eigenvalue weighted by Gasteiger charge is -2.04. The Kier molecular flexibility index (Phi) is 4.71. The van der Waals surface area contributed by atoms with Gasteiger partial charge in [0.25, 0.3) is 0 Å². The Balaban J connectivity index is 2.58. The van der Waals surface area contributed by atoms with E-state index in [-0.39, 0.29) is 12.1 Å². The predicted octanol–water partition coefficient (Wildman–Crippen LogP) is 1.97. The number of methoxy groups -OCH3 is 1. The molecule has 1 heterocycles. The first-order valence-corrected chi connectivity index (χ1v) is 5.30. The molecule has 0 aromatic carbocycles. The lowest BCUT2D eigenvalue weighted by atomic mass is 10.1. The molecule has 0 aliphatic carbocycles. The molecule has 0 amide bonds. The lowest BCUT2D eigenvalue weighted by molar-refractivity contribution is 0.109. The number of nitrogens with two attached hydrogens (primary N) is 1. The molecule has 0 bridgehead atoms. The van der Waals surface area contributed by atoms with E-state index in [0.717, 1.165) is 19.3 Å². The van der Waals surface area contributed by atoms with Gasteiger partial charge >= 0.3 is 0 Å². The van der Waals surface area contributed by atoms with Gasteiger partial charge in [0.15, 0.2) is 5.82 Å². The van der Waals surface area contributed by atoms with Crippen molar-refractivity contribution in [3.63, 3.8) is 0 Å². The summed E-state index contributed by atoms with van der Waals surface area (Å²) in [6.07, 6.45) is 2.90. The summed E-state index contributed by atoms with van der Waals surface area (Å²) in [7, 11) is 1.61. The molecule has 1 rings (SSSR count). The maximum atomic E-state index is 5.90. The normalized spacial score (nSPS) is 15.2. The number of hydrogen-bond donors (Lipinski definition) is 1. The van der Waals surface area contributed by atoms with Crippen LogP contribution in [0.4, 0.5) is 0 Å². The van der Waals surface area contributed by atoms with Crippen molar-refractivity contribution in [1.29, 1.82) is 0 Å². The molecule has 0 radical (unpaired) electrons. The second-order valence-corrected chi connectivity index (χ2v) is 3.62. The molecule has 0 saturated carbocycles. The van der Waals surface area contributed by atoms with Crippen molar-refractivity contribution in [1.82, 2.24) is 10.1 Å². The summed E-state index contributed by atoms with van der Waals surface area (Å²) < 4.78 is 10.2. The fourth-order valence-electron chi connectivity index (χ4n) is 1.22. The zero-order chi connectivity index (χ0) is 11.3. The highest BCUT2D eigenvalue weighted by Gasteiger charge is 2.17. The summed E-state index contributed by atoms with van der Waals surface area (Å²) in [6, 6.07) is -0.157. The summed E-state index contributed by atoms with van der Waals surface area (Å²) >= 11 is 0. The molecule has 5 nitrogen and oxygen atoms in total. The molecule has 0 fully saturated rings. The zero-order valence-corrected chi connectivity index (χ0v) is 9.56. The Morgan fingerprint density at radius 1 is 1.53 bits per heavy atom. The molecular weight excluding hydrogens is 194 g/mol. The zero-order valence-electron chi connectivity index (χ0n) is 9.56. The Labute approximate surface area is 90.0 Å². The van der Waals surface area contributed by atoms with Gasteiger partial charge in [-0.25, -0.2) is 0 Å². The van der Waals surface area contributed by atoms with E-state index >= 15 is 0 Å². The molecule has 5 heteroatoms. The predicted molar refractivity (Wildman–Crippen MR) is 56.2 cm³/mol. The molecule has 0 aliphatic heterocycles. The molecule has 0 saturated heterocycles. The highest BCUT2D eigenvalue weighted by atomic mass is 16.5. The van der Waals surface area contributed by atoms with Gasteiger partial charge < -0.3 is 15.0 Å². The molecule has 2 atom stereocenters. The fraction of sp³-hybridized carbons (Fsp3) is 0.800. The number of rotatable bonds is 6. The summed E-state index contributed by atoms with van der Waals surface area (Å²) in [6.45, 7) is 3.99. The molecule has 2 unspecified atom stereocenters. The van der Waals surface area contributed by atoms with Gasteiger partial charge in [0.1, 0.15) is 6.10 Å². The maximum Gasteiger partial charge on any atom is 0.243 e. The van der Waals surface area contributed by atoms with E-state index in [1.54, 1.807) is 7.11 Å². The average molecular weight is 213 g/mol. The third-order valence-corrected chi connectivity index (χ3v) is 2.36. The van der Waals surface area contributed by atoms with Crippen molar-refractivity contribution < 1.29 is 9.26 Å². The number of ether oxygens (including phenoxy) is 1. The first-order valence-electron chi connectivity index (χ1n) is 5.30. The monoisotopic (exact) mass is 213 g/mol. The van der Waals surface area contributed by atoms with Gasteiger partial charge in [0.2, 0.25) is 5.89 Å². The molecule has 0 aliphatic rings. The van der Waals surface area contributed by atoms with E-state index in [0.29, 0.717) is 11.7 Å². The molecule has 15 heavy (non-hydrogen) atoms. The van der Waals surface area contributed by atoms with E-state index in [2.05, 4.69) is 17.1 Å². The van der Waals surface area contributed by atoms with Crippen LogP contribution < -0.4 is 5.73 Å². The van der Waals surface area contributed by atoms with Crippen LogP contribution in [0.3, 0.4) is 0 Å². The number of nitrogens with zero attached hydrogens (tertiary/aromatic N) is 2.